The largest absolute Gasteiger partial charge is 0.378 e. The van der Waals surface area contributed by atoms with Crippen molar-refractivity contribution in [2.24, 2.45) is 7.05 Å². The average molecular weight is 410 g/mol. The molecule has 2 heterocycles. The van der Waals surface area contributed by atoms with E-state index in [0.29, 0.717) is 0 Å². The van der Waals surface area contributed by atoms with Crippen molar-refractivity contribution < 1.29 is 4.74 Å². The summed E-state index contributed by atoms with van der Waals surface area (Å²) in [5, 5.41) is 13.2. The second kappa shape index (κ2) is 8.57. The van der Waals surface area contributed by atoms with Gasteiger partial charge in [-0.25, -0.2) is 0 Å². The van der Waals surface area contributed by atoms with Crippen LogP contribution in [0, 0.1) is 6.92 Å². The standard InChI is InChI=1S/C22H27N5OS/c1-15-7-5-6-8-19(15)20-24-25-22(27(20)4)29-14-18-13-23-21(28-18)16-9-11-17(12-10-16)26(2)3/h5-12,18,21,23H,13-14H2,1-4H3/t18-,21+/m1/s1. The van der Waals surface area contributed by atoms with Gasteiger partial charge in [-0.1, -0.05) is 48.2 Å². The van der Waals surface area contributed by atoms with E-state index in [4.69, 9.17) is 4.74 Å². The Bertz CT molecular complexity index is 970. The van der Waals surface area contributed by atoms with Crippen molar-refractivity contribution in [1.82, 2.24) is 20.1 Å². The van der Waals surface area contributed by atoms with Gasteiger partial charge in [-0.05, 0) is 30.2 Å². The van der Waals surface area contributed by atoms with Gasteiger partial charge in [-0.2, -0.15) is 0 Å². The maximum absolute atomic E-state index is 6.22. The minimum absolute atomic E-state index is 0.0566. The molecule has 3 aromatic rings. The second-order valence-electron chi connectivity index (χ2n) is 7.52. The number of ether oxygens (including phenoxy) is 1. The van der Waals surface area contributed by atoms with Crippen LogP contribution >= 0.6 is 11.8 Å². The lowest BCUT2D eigenvalue weighted by Gasteiger charge is -2.16. The number of aromatic nitrogens is 3. The second-order valence-corrected chi connectivity index (χ2v) is 8.51. The van der Waals surface area contributed by atoms with E-state index in [9.17, 15) is 0 Å². The number of anilines is 1. The maximum Gasteiger partial charge on any atom is 0.191 e. The van der Waals surface area contributed by atoms with E-state index < -0.39 is 0 Å². The molecule has 0 saturated carbocycles. The lowest BCUT2D eigenvalue weighted by Crippen LogP contribution is -2.17. The zero-order valence-corrected chi connectivity index (χ0v) is 18.1. The molecule has 1 aliphatic rings. The fourth-order valence-electron chi connectivity index (χ4n) is 3.44. The van der Waals surface area contributed by atoms with Gasteiger partial charge in [-0.15, -0.1) is 10.2 Å². The Kier molecular flexibility index (Phi) is 5.89. The van der Waals surface area contributed by atoms with Crippen LogP contribution in [0.2, 0.25) is 0 Å². The van der Waals surface area contributed by atoms with Crippen molar-refractivity contribution in [3.8, 4) is 11.4 Å². The van der Waals surface area contributed by atoms with E-state index >= 15 is 0 Å². The fourth-order valence-corrected chi connectivity index (χ4v) is 4.35. The Hall–Kier alpha value is -2.35. The molecule has 7 heteroatoms. The Balaban J connectivity index is 1.36. The van der Waals surface area contributed by atoms with Crippen LogP contribution in [0.3, 0.4) is 0 Å². The van der Waals surface area contributed by atoms with Gasteiger partial charge in [0.2, 0.25) is 0 Å². The van der Waals surface area contributed by atoms with Gasteiger partial charge in [0.1, 0.15) is 6.23 Å². The summed E-state index contributed by atoms with van der Waals surface area (Å²) in [4.78, 5) is 2.10. The van der Waals surface area contributed by atoms with Crippen LogP contribution in [0.1, 0.15) is 17.4 Å². The highest BCUT2D eigenvalue weighted by molar-refractivity contribution is 7.99. The summed E-state index contributed by atoms with van der Waals surface area (Å²) in [5.74, 6) is 1.73. The number of hydrogen-bond donors (Lipinski definition) is 1. The Morgan fingerprint density at radius 1 is 1.14 bits per heavy atom. The van der Waals surface area contributed by atoms with Gasteiger partial charge in [0, 0.05) is 44.7 Å². The topological polar surface area (TPSA) is 55.2 Å². The predicted molar refractivity (Wildman–Crippen MR) is 118 cm³/mol. The molecule has 29 heavy (non-hydrogen) atoms. The summed E-state index contributed by atoms with van der Waals surface area (Å²) >= 11 is 1.69. The molecule has 1 saturated heterocycles. The molecule has 1 fully saturated rings. The molecule has 6 nitrogen and oxygen atoms in total. The molecule has 4 rings (SSSR count). The average Bonchev–Trinajstić information content (AvgIpc) is 3.34. The lowest BCUT2D eigenvalue weighted by atomic mass is 10.1. The monoisotopic (exact) mass is 409 g/mol. The first-order valence-electron chi connectivity index (χ1n) is 9.77. The first-order valence-corrected chi connectivity index (χ1v) is 10.8. The Morgan fingerprint density at radius 2 is 1.90 bits per heavy atom. The summed E-state index contributed by atoms with van der Waals surface area (Å²) in [5.41, 5.74) is 4.66. The molecule has 0 unspecified atom stereocenters. The smallest absolute Gasteiger partial charge is 0.191 e. The molecular weight excluding hydrogens is 382 g/mol. The van der Waals surface area contributed by atoms with Gasteiger partial charge in [0.05, 0.1) is 6.10 Å². The van der Waals surface area contributed by atoms with Crippen molar-refractivity contribution in [1.29, 1.82) is 0 Å². The molecule has 2 aromatic carbocycles. The molecule has 2 atom stereocenters. The number of rotatable bonds is 6. The van der Waals surface area contributed by atoms with Gasteiger partial charge in [-0.3, -0.25) is 5.32 Å². The lowest BCUT2D eigenvalue weighted by molar-refractivity contribution is 0.0534. The first kappa shape index (κ1) is 19.9. The third kappa shape index (κ3) is 4.32. The highest BCUT2D eigenvalue weighted by atomic mass is 32.2. The van der Waals surface area contributed by atoms with E-state index in [1.165, 1.54) is 11.3 Å². The van der Waals surface area contributed by atoms with E-state index in [1.54, 1.807) is 11.8 Å². The van der Waals surface area contributed by atoms with E-state index in [2.05, 4.69) is 68.3 Å². The number of aryl methyl sites for hydroxylation is 1. The zero-order valence-electron chi connectivity index (χ0n) is 17.3. The molecule has 0 spiro atoms. The van der Waals surface area contributed by atoms with Crippen molar-refractivity contribution in [2.45, 2.75) is 24.4 Å². The van der Waals surface area contributed by atoms with Crippen LogP contribution in [0.25, 0.3) is 11.4 Å². The molecule has 0 aliphatic carbocycles. The SMILES string of the molecule is Cc1ccccc1-c1nnc(SC[C@H]2CN[C@H](c3ccc(N(C)C)cc3)O2)n1C. The molecule has 1 N–H and O–H groups in total. The summed E-state index contributed by atoms with van der Waals surface area (Å²) < 4.78 is 8.28. The number of benzene rings is 2. The number of hydrogen-bond acceptors (Lipinski definition) is 6. The quantitative estimate of drug-likeness (QED) is 0.628. The molecule has 0 amide bonds. The summed E-state index contributed by atoms with van der Waals surface area (Å²) in [6, 6.07) is 16.8. The van der Waals surface area contributed by atoms with Crippen LogP contribution < -0.4 is 10.2 Å². The van der Waals surface area contributed by atoms with Gasteiger partial charge in [0.25, 0.3) is 0 Å². The number of thioether (sulfide) groups is 1. The van der Waals surface area contributed by atoms with E-state index in [1.807, 2.05) is 33.3 Å². The highest BCUT2D eigenvalue weighted by Crippen LogP contribution is 2.28. The Morgan fingerprint density at radius 3 is 2.62 bits per heavy atom. The first-order chi connectivity index (χ1) is 14.0. The van der Waals surface area contributed by atoms with Crippen LogP contribution in [0.4, 0.5) is 5.69 Å². The third-order valence-electron chi connectivity index (χ3n) is 5.19. The summed E-state index contributed by atoms with van der Waals surface area (Å²) in [6.07, 6.45) is 0.0796. The predicted octanol–water partition coefficient (Wildman–Crippen LogP) is 3.64. The maximum atomic E-state index is 6.22. The minimum atomic E-state index is -0.0566. The molecule has 152 valence electrons. The molecule has 1 aliphatic heterocycles. The summed E-state index contributed by atoms with van der Waals surface area (Å²) in [7, 11) is 6.11. The number of nitrogens with one attached hydrogen (secondary N) is 1. The summed E-state index contributed by atoms with van der Waals surface area (Å²) in [6.45, 7) is 2.93. The minimum Gasteiger partial charge on any atom is -0.378 e. The molecule has 1 aromatic heterocycles. The van der Waals surface area contributed by atoms with E-state index in [-0.39, 0.29) is 12.3 Å². The van der Waals surface area contributed by atoms with Gasteiger partial charge in [0.15, 0.2) is 11.0 Å². The van der Waals surface area contributed by atoms with Crippen LogP contribution in [-0.4, -0.2) is 47.3 Å². The van der Waals surface area contributed by atoms with Crippen molar-refractivity contribution in [2.75, 3.05) is 31.3 Å². The van der Waals surface area contributed by atoms with Crippen molar-refractivity contribution in [3.63, 3.8) is 0 Å². The Labute approximate surface area is 176 Å². The van der Waals surface area contributed by atoms with Crippen molar-refractivity contribution in [3.05, 3.63) is 59.7 Å². The van der Waals surface area contributed by atoms with Crippen molar-refractivity contribution >= 4 is 17.4 Å². The zero-order chi connectivity index (χ0) is 20.4. The van der Waals surface area contributed by atoms with Gasteiger partial charge < -0.3 is 14.2 Å². The normalized spacial score (nSPS) is 18.9. The van der Waals surface area contributed by atoms with Crippen LogP contribution in [-0.2, 0) is 11.8 Å². The van der Waals surface area contributed by atoms with Crippen LogP contribution in [0.15, 0.2) is 53.7 Å². The fraction of sp³-hybridized carbons (Fsp3) is 0.364. The molecule has 0 bridgehead atoms. The van der Waals surface area contributed by atoms with Gasteiger partial charge >= 0.3 is 0 Å². The third-order valence-corrected chi connectivity index (χ3v) is 6.34. The number of nitrogens with zero attached hydrogens (tertiary/aromatic N) is 4. The highest BCUT2D eigenvalue weighted by Gasteiger charge is 2.26. The van der Waals surface area contributed by atoms with E-state index in [0.717, 1.165) is 34.4 Å². The van der Waals surface area contributed by atoms with Crippen LogP contribution in [0.5, 0.6) is 0 Å². The molecular formula is C22H27N5OS. The molecule has 0 radical (unpaired) electrons.